The minimum absolute atomic E-state index is 0.0363. The Morgan fingerprint density at radius 1 is 1.12 bits per heavy atom. The number of hydrogen-bond donors (Lipinski definition) is 1. The second-order valence-corrected chi connectivity index (χ2v) is 8.05. The molecule has 1 aromatic heterocycles. The summed E-state index contributed by atoms with van der Waals surface area (Å²) < 4.78 is 54.3. The van der Waals surface area contributed by atoms with E-state index in [1.54, 1.807) is 11.0 Å². The van der Waals surface area contributed by atoms with Gasteiger partial charge in [0.1, 0.15) is 18.2 Å². The van der Waals surface area contributed by atoms with Crippen molar-refractivity contribution in [2.24, 2.45) is 0 Å². The van der Waals surface area contributed by atoms with Gasteiger partial charge in [-0.05, 0) is 61.7 Å². The van der Waals surface area contributed by atoms with E-state index in [1.807, 2.05) is 32.9 Å². The van der Waals surface area contributed by atoms with E-state index in [9.17, 15) is 22.4 Å². The number of carbonyl (C=O) groups is 1. The molecule has 178 valence electrons. The molecule has 1 amide bonds. The predicted octanol–water partition coefficient (Wildman–Crippen LogP) is 6.04. The average Bonchev–Trinajstić information content (AvgIpc) is 2.79. The largest absolute Gasteiger partial charge is 0.433 e. The molecule has 0 unspecified atom stereocenters. The number of allylic oxidation sites excluding steroid dienone is 4. The van der Waals surface area contributed by atoms with Crippen molar-refractivity contribution in [3.8, 4) is 0 Å². The van der Waals surface area contributed by atoms with Crippen LogP contribution in [-0.2, 0) is 12.6 Å². The van der Waals surface area contributed by atoms with Crippen LogP contribution < -0.4 is 10.2 Å². The van der Waals surface area contributed by atoms with Crippen LogP contribution in [0.3, 0.4) is 0 Å². The first-order valence-electron chi connectivity index (χ1n) is 10.9. The molecule has 4 rings (SSSR count). The number of alkyl halides is 3. The molecule has 0 saturated carbocycles. The SMILES string of the molecule is CC/C=C1\C=CC(N2CN(c3ccc(F)cc3CC)c3cc(C(F)(F)F)ncc3C2=O)=C(C)N1. The molecule has 34 heavy (non-hydrogen) atoms. The summed E-state index contributed by atoms with van der Waals surface area (Å²) in [6.45, 7) is 5.63. The standard InChI is InChI=1S/C25H24F4N4O/c1-4-6-18-8-10-20(15(3)31-18)33-14-32(21-9-7-17(26)11-16(21)5-2)22-12-23(25(27,28)29)30-13-19(22)24(33)34/h6-13,31H,4-5,14H2,1-3H3/b18-6+. The van der Waals surface area contributed by atoms with Crippen LogP contribution in [0.5, 0.6) is 0 Å². The molecule has 9 heteroatoms. The highest BCUT2D eigenvalue weighted by Gasteiger charge is 2.38. The normalized spacial score (nSPS) is 17.4. The fraction of sp³-hybridized carbons (Fsp3) is 0.280. The average molecular weight is 472 g/mol. The number of aryl methyl sites for hydroxylation is 1. The molecule has 0 bridgehead atoms. The van der Waals surface area contributed by atoms with Gasteiger partial charge in [-0.1, -0.05) is 19.9 Å². The van der Waals surface area contributed by atoms with Crippen LogP contribution in [0.4, 0.5) is 28.9 Å². The number of nitrogens with zero attached hydrogens (tertiary/aromatic N) is 3. The van der Waals surface area contributed by atoms with Crippen LogP contribution in [0, 0.1) is 5.82 Å². The summed E-state index contributed by atoms with van der Waals surface area (Å²) in [6, 6.07) is 5.02. The Labute approximate surface area is 195 Å². The van der Waals surface area contributed by atoms with Gasteiger partial charge in [0.25, 0.3) is 5.91 Å². The van der Waals surface area contributed by atoms with E-state index in [2.05, 4.69) is 10.3 Å². The van der Waals surface area contributed by atoms with Crippen molar-refractivity contribution >= 4 is 17.3 Å². The molecule has 2 aromatic rings. The van der Waals surface area contributed by atoms with Crippen molar-refractivity contribution in [2.45, 2.75) is 39.8 Å². The van der Waals surface area contributed by atoms with Gasteiger partial charge in [-0.3, -0.25) is 14.7 Å². The van der Waals surface area contributed by atoms with Gasteiger partial charge in [0.15, 0.2) is 0 Å². The zero-order valence-corrected chi connectivity index (χ0v) is 19.0. The smallest absolute Gasteiger partial charge is 0.358 e. The molecule has 0 spiro atoms. The van der Waals surface area contributed by atoms with Crippen LogP contribution in [-0.4, -0.2) is 22.5 Å². The summed E-state index contributed by atoms with van der Waals surface area (Å²) in [7, 11) is 0. The van der Waals surface area contributed by atoms with Crippen molar-refractivity contribution in [1.82, 2.24) is 15.2 Å². The molecule has 5 nitrogen and oxygen atoms in total. The van der Waals surface area contributed by atoms with Crippen molar-refractivity contribution in [3.05, 3.63) is 88.4 Å². The van der Waals surface area contributed by atoms with E-state index in [0.717, 1.165) is 30.1 Å². The third kappa shape index (κ3) is 4.30. The summed E-state index contributed by atoms with van der Waals surface area (Å²) in [6.07, 6.45) is 3.23. The number of halogens is 4. The quantitative estimate of drug-likeness (QED) is 0.552. The number of hydrogen-bond acceptors (Lipinski definition) is 4. The highest BCUT2D eigenvalue weighted by atomic mass is 19.4. The summed E-state index contributed by atoms with van der Waals surface area (Å²) in [4.78, 5) is 20.0. The fourth-order valence-electron chi connectivity index (χ4n) is 4.15. The van der Waals surface area contributed by atoms with Gasteiger partial charge in [0.2, 0.25) is 0 Å². The van der Waals surface area contributed by atoms with E-state index in [-0.39, 0.29) is 17.9 Å². The molecule has 0 aliphatic carbocycles. The fourth-order valence-corrected chi connectivity index (χ4v) is 4.15. The highest BCUT2D eigenvalue weighted by molar-refractivity contribution is 6.03. The van der Waals surface area contributed by atoms with Crippen LogP contribution in [0.2, 0.25) is 0 Å². The van der Waals surface area contributed by atoms with Crippen molar-refractivity contribution < 1.29 is 22.4 Å². The van der Waals surface area contributed by atoms with Crippen molar-refractivity contribution in [3.63, 3.8) is 0 Å². The number of rotatable bonds is 4. The van der Waals surface area contributed by atoms with E-state index < -0.39 is 23.6 Å². The lowest BCUT2D eigenvalue weighted by molar-refractivity contribution is -0.141. The third-order valence-corrected chi connectivity index (χ3v) is 5.79. The summed E-state index contributed by atoms with van der Waals surface area (Å²) in [5.41, 5.74) is 2.39. The number of benzene rings is 1. The van der Waals surface area contributed by atoms with E-state index in [0.29, 0.717) is 23.4 Å². The number of fused-ring (bicyclic) bond motifs is 1. The first-order chi connectivity index (χ1) is 16.1. The Kier molecular flexibility index (Phi) is 6.20. The summed E-state index contributed by atoms with van der Waals surface area (Å²) in [5, 5.41) is 3.25. The number of pyridine rings is 1. The Morgan fingerprint density at radius 2 is 1.88 bits per heavy atom. The second kappa shape index (κ2) is 8.96. The molecule has 0 saturated heterocycles. The van der Waals surface area contributed by atoms with E-state index in [1.165, 1.54) is 23.1 Å². The summed E-state index contributed by atoms with van der Waals surface area (Å²) >= 11 is 0. The molecular formula is C25H24F4N4O. The van der Waals surface area contributed by atoms with E-state index >= 15 is 0 Å². The number of dihydropyridines is 1. The molecule has 0 fully saturated rings. The van der Waals surface area contributed by atoms with Crippen molar-refractivity contribution in [2.75, 3.05) is 11.6 Å². The Hall–Kier alpha value is -3.62. The molecule has 1 N–H and O–H groups in total. The van der Waals surface area contributed by atoms with Crippen LogP contribution in [0.15, 0.2) is 65.8 Å². The Bertz CT molecular complexity index is 1230. The number of carbonyl (C=O) groups excluding carboxylic acids is 1. The first kappa shape index (κ1) is 23.5. The maximum absolute atomic E-state index is 13.9. The lowest BCUT2D eigenvalue weighted by atomic mass is 10.0. The minimum atomic E-state index is -4.67. The Morgan fingerprint density at radius 3 is 2.53 bits per heavy atom. The molecule has 0 atom stereocenters. The molecule has 3 heterocycles. The van der Waals surface area contributed by atoms with Gasteiger partial charge in [-0.2, -0.15) is 13.2 Å². The van der Waals surface area contributed by atoms with Crippen molar-refractivity contribution in [1.29, 1.82) is 0 Å². The van der Waals surface area contributed by atoms with Crippen LogP contribution in [0.25, 0.3) is 0 Å². The van der Waals surface area contributed by atoms with Gasteiger partial charge in [0, 0.05) is 23.3 Å². The first-order valence-corrected chi connectivity index (χ1v) is 10.9. The molecule has 1 aromatic carbocycles. The zero-order valence-electron chi connectivity index (χ0n) is 19.0. The molecule has 2 aliphatic heterocycles. The maximum atomic E-state index is 13.9. The minimum Gasteiger partial charge on any atom is -0.358 e. The zero-order chi connectivity index (χ0) is 24.6. The van der Waals surface area contributed by atoms with Gasteiger partial charge >= 0.3 is 6.18 Å². The van der Waals surface area contributed by atoms with Crippen LogP contribution >= 0.6 is 0 Å². The number of nitrogens with one attached hydrogen (secondary N) is 1. The van der Waals surface area contributed by atoms with Gasteiger partial charge in [-0.15, -0.1) is 0 Å². The molecular weight excluding hydrogens is 448 g/mol. The lowest BCUT2D eigenvalue weighted by Crippen LogP contribution is -2.45. The molecule has 2 aliphatic rings. The maximum Gasteiger partial charge on any atom is 0.433 e. The second-order valence-electron chi connectivity index (χ2n) is 8.05. The highest BCUT2D eigenvalue weighted by Crippen LogP contribution is 2.40. The number of anilines is 2. The lowest BCUT2D eigenvalue weighted by Gasteiger charge is -2.40. The van der Waals surface area contributed by atoms with Gasteiger partial charge in [0.05, 0.1) is 16.9 Å². The Balaban J connectivity index is 1.87. The number of amides is 1. The molecule has 0 radical (unpaired) electrons. The van der Waals surface area contributed by atoms with Gasteiger partial charge < -0.3 is 10.2 Å². The van der Waals surface area contributed by atoms with E-state index in [4.69, 9.17) is 0 Å². The third-order valence-electron chi connectivity index (χ3n) is 5.79. The predicted molar refractivity (Wildman–Crippen MR) is 122 cm³/mol. The van der Waals surface area contributed by atoms with Gasteiger partial charge in [-0.25, -0.2) is 4.39 Å². The van der Waals surface area contributed by atoms with Crippen LogP contribution in [0.1, 0.15) is 48.8 Å². The topological polar surface area (TPSA) is 48.5 Å². The monoisotopic (exact) mass is 472 g/mol. The summed E-state index contributed by atoms with van der Waals surface area (Å²) in [5.74, 6) is -0.902. The number of aromatic nitrogens is 1.